The van der Waals surface area contributed by atoms with Gasteiger partial charge in [0.2, 0.25) is 17.7 Å². The maximum Gasteiger partial charge on any atom is 0.408 e. The zero-order valence-electron chi connectivity index (χ0n) is 22.6. The minimum atomic E-state index is -1.29. The fourth-order valence-corrected chi connectivity index (χ4v) is 3.78. The zero-order valence-corrected chi connectivity index (χ0v) is 22.6. The van der Waals surface area contributed by atoms with Crippen LogP contribution in [0.2, 0.25) is 0 Å². The summed E-state index contributed by atoms with van der Waals surface area (Å²) in [6.07, 6.45) is -0.735. The van der Waals surface area contributed by atoms with Gasteiger partial charge in [-0.3, -0.25) is 14.4 Å². The number of carbonyl (C=O) groups excluding carboxylic acids is 4. The van der Waals surface area contributed by atoms with Gasteiger partial charge < -0.3 is 26.0 Å². The van der Waals surface area contributed by atoms with Crippen LogP contribution in [0.15, 0.2) is 18.2 Å². The highest BCUT2D eigenvalue weighted by molar-refractivity contribution is 5.95. The number of nitrogens with two attached hydrogens (primary N) is 1. The topological polar surface area (TPSA) is 131 Å². The normalized spacial score (nSPS) is 13.4. The van der Waals surface area contributed by atoms with Gasteiger partial charge in [-0.15, -0.1) is 0 Å². The monoisotopic (exact) mass is 490 g/mol. The largest absolute Gasteiger partial charge is 0.444 e. The number of benzene rings is 1. The number of nitrogens with zero attached hydrogens (tertiary/aromatic N) is 1. The van der Waals surface area contributed by atoms with Crippen LogP contribution in [-0.2, 0) is 19.1 Å². The molecule has 1 aromatic rings. The van der Waals surface area contributed by atoms with Crippen molar-refractivity contribution in [2.45, 2.75) is 98.4 Å². The van der Waals surface area contributed by atoms with E-state index in [1.165, 1.54) is 4.90 Å². The van der Waals surface area contributed by atoms with E-state index in [2.05, 4.69) is 10.6 Å². The molecule has 9 nitrogen and oxygen atoms in total. The molecule has 9 heteroatoms. The van der Waals surface area contributed by atoms with Crippen molar-refractivity contribution in [3.05, 3.63) is 34.9 Å². The summed E-state index contributed by atoms with van der Waals surface area (Å²) in [7, 11) is 0. The molecule has 0 aliphatic heterocycles. The summed E-state index contributed by atoms with van der Waals surface area (Å²) in [6.45, 7) is 16.5. The molecule has 0 radical (unpaired) electrons. The average Bonchev–Trinajstić information content (AvgIpc) is 2.65. The average molecular weight is 491 g/mol. The predicted octanol–water partition coefficient (Wildman–Crippen LogP) is 3.27. The summed E-state index contributed by atoms with van der Waals surface area (Å²) in [4.78, 5) is 53.2. The number of hydrogen-bond acceptors (Lipinski definition) is 5. The summed E-state index contributed by atoms with van der Waals surface area (Å²) in [5.74, 6) is -1.71. The van der Waals surface area contributed by atoms with Crippen LogP contribution < -0.4 is 16.4 Å². The number of aryl methyl sites for hydroxylation is 2. The Hall–Kier alpha value is -3.10. The molecule has 4 N–H and O–H groups in total. The molecule has 0 heterocycles. The fourth-order valence-electron chi connectivity index (χ4n) is 3.78. The number of hydrogen-bond donors (Lipinski definition) is 3. The molecule has 1 aromatic carbocycles. The lowest BCUT2D eigenvalue weighted by molar-refractivity contribution is -0.144. The number of ether oxygens (including phenoxy) is 1. The molecule has 196 valence electrons. The van der Waals surface area contributed by atoms with Crippen molar-refractivity contribution in [3.63, 3.8) is 0 Å². The highest BCUT2D eigenvalue weighted by atomic mass is 16.6. The van der Waals surface area contributed by atoms with E-state index in [1.807, 2.05) is 59.7 Å². The highest BCUT2D eigenvalue weighted by Gasteiger charge is 2.38. The first kappa shape index (κ1) is 29.9. The van der Waals surface area contributed by atoms with Crippen molar-refractivity contribution in [1.29, 1.82) is 0 Å². The van der Waals surface area contributed by atoms with Gasteiger partial charge in [0.25, 0.3) is 0 Å². The molecule has 0 bridgehead atoms. The predicted molar refractivity (Wildman–Crippen MR) is 136 cm³/mol. The molecule has 2 unspecified atom stereocenters. The molecule has 0 aliphatic rings. The molecule has 1 rings (SSSR count). The summed E-state index contributed by atoms with van der Waals surface area (Å²) >= 11 is 0. The third-order valence-corrected chi connectivity index (χ3v) is 5.02. The number of rotatable bonds is 9. The molecule has 35 heavy (non-hydrogen) atoms. The molecule has 0 saturated heterocycles. The second kappa shape index (κ2) is 12.0. The maximum absolute atomic E-state index is 13.8. The Balaban J connectivity index is 3.58. The van der Waals surface area contributed by atoms with Crippen LogP contribution in [-0.4, -0.2) is 52.4 Å². The Morgan fingerprint density at radius 1 is 1.03 bits per heavy atom. The van der Waals surface area contributed by atoms with Crippen LogP contribution in [0.5, 0.6) is 0 Å². The third-order valence-electron chi connectivity index (χ3n) is 5.02. The van der Waals surface area contributed by atoms with Crippen LogP contribution in [0.25, 0.3) is 0 Å². The van der Waals surface area contributed by atoms with Crippen LogP contribution in [0.3, 0.4) is 0 Å². The third kappa shape index (κ3) is 9.58. The first-order chi connectivity index (χ1) is 16.0. The Morgan fingerprint density at radius 3 is 2.00 bits per heavy atom. The standard InChI is InChI=1S/C26H42N4O5/c1-10-14-30(23(33)18(15-19(27)31)28-24(34)35-26(7,8)9)21(22(32)29-25(4,5)6)20-16(2)12-11-13-17(20)3/h11-13,18,21H,10,14-15H2,1-9H3,(H2,27,31)(H,28,34)(H,29,32). The van der Waals surface area contributed by atoms with Crippen molar-refractivity contribution >= 4 is 23.8 Å². The number of carbonyl (C=O) groups is 4. The van der Waals surface area contributed by atoms with Gasteiger partial charge in [-0.25, -0.2) is 4.79 Å². The number of nitrogens with one attached hydrogen (secondary N) is 2. The summed E-state index contributed by atoms with van der Waals surface area (Å²) in [5.41, 5.74) is 6.45. The fraction of sp³-hybridized carbons (Fsp3) is 0.615. The second-order valence-electron chi connectivity index (χ2n) is 10.8. The number of amides is 4. The first-order valence-corrected chi connectivity index (χ1v) is 11.9. The quantitative estimate of drug-likeness (QED) is 0.489. The molecule has 2 atom stereocenters. The van der Waals surface area contributed by atoms with E-state index in [0.29, 0.717) is 12.0 Å². The molecule has 0 aromatic heterocycles. The van der Waals surface area contributed by atoms with Gasteiger partial charge in [-0.1, -0.05) is 25.1 Å². The summed E-state index contributed by atoms with van der Waals surface area (Å²) in [5, 5.41) is 5.46. The van der Waals surface area contributed by atoms with Gasteiger partial charge in [0.15, 0.2) is 0 Å². The molecule has 0 saturated carbocycles. The lowest BCUT2D eigenvalue weighted by atomic mass is 9.92. The SMILES string of the molecule is CCCN(C(=O)C(CC(N)=O)NC(=O)OC(C)(C)C)C(C(=O)NC(C)(C)C)c1c(C)cccc1C. The lowest BCUT2D eigenvalue weighted by Gasteiger charge is -2.37. The van der Waals surface area contributed by atoms with Gasteiger partial charge in [0.1, 0.15) is 17.7 Å². The van der Waals surface area contributed by atoms with Crippen LogP contribution in [0, 0.1) is 13.8 Å². The van der Waals surface area contributed by atoms with Crippen molar-refractivity contribution < 1.29 is 23.9 Å². The zero-order chi connectivity index (χ0) is 27.1. The highest BCUT2D eigenvalue weighted by Crippen LogP contribution is 2.29. The van der Waals surface area contributed by atoms with E-state index >= 15 is 0 Å². The Labute approximate surface area is 209 Å². The molecule has 4 amide bonds. The Bertz CT molecular complexity index is 910. The first-order valence-electron chi connectivity index (χ1n) is 11.9. The molecule has 0 fully saturated rings. The summed E-state index contributed by atoms with van der Waals surface area (Å²) in [6, 6.07) is 3.39. The lowest BCUT2D eigenvalue weighted by Crippen LogP contribution is -2.55. The van der Waals surface area contributed by atoms with Crippen molar-refractivity contribution in [3.8, 4) is 0 Å². The van der Waals surface area contributed by atoms with E-state index in [4.69, 9.17) is 10.5 Å². The van der Waals surface area contributed by atoms with E-state index in [0.717, 1.165) is 11.1 Å². The summed E-state index contributed by atoms with van der Waals surface area (Å²) < 4.78 is 5.28. The smallest absolute Gasteiger partial charge is 0.408 e. The minimum Gasteiger partial charge on any atom is -0.444 e. The Morgan fingerprint density at radius 2 is 1.57 bits per heavy atom. The molecule has 0 spiro atoms. The minimum absolute atomic E-state index is 0.222. The van der Waals surface area contributed by atoms with E-state index < -0.39 is 47.6 Å². The van der Waals surface area contributed by atoms with Crippen molar-refractivity contribution in [2.24, 2.45) is 5.73 Å². The van der Waals surface area contributed by atoms with Crippen LogP contribution >= 0.6 is 0 Å². The van der Waals surface area contributed by atoms with Gasteiger partial charge >= 0.3 is 6.09 Å². The number of primary amides is 1. The van der Waals surface area contributed by atoms with Gasteiger partial charge in [-0.05, 0) is 78.5 Å². The van der Waals surface area contributed by atoms with Gasteiger partial charge in [-0.2, -0.15) is 0 Å². The van der Waals surface area contributed by atoms with E-state index in [9.17, 15) is 19.2 Å². The molecule has 0 aliphatic carbocycles. The Kier molecular flexibility index (Phi) is 10.3. The van der Waals surface area contributed by atoms with Crippen molar-refractivity contribution in [1.82, 2.24) is 15.5 Å². The second-order valence-corrected chi connectivity index (χ2v) is 10.8. The number of alkyl carbamates (subject to hydrolysis) is 1. The van der Waals surface area contributed by atoms with E-state index in [1.54, 1.807) is 20.8 Å². The van der Waals surface area contributed by atoms with Crippen LogP contribution in [0.1, 0.15) is 84.0 Å². The van der Waals surface area contributed by atoms with Crippen LogP contribution in [0.4, 0.5) is 4.79 Å². The maximum atomic E-state index is 13.8. The van der Waals surface area contributed by atoms with E-state index in [-0.39, 0.29) is 12.5 Å². The molecular formula is C26H42N4O5. The van der Waals surface area contributed by atoms with Gasteiger partial charge in [0.05, 0.1) is 6.42 Å². The molecular weight excluding hydrogens is 448 g/mol. The van der Waals surface area contributed by atoms with Crippen molar-refractivity contribution in [2.75, 3.05) is 6.54 Å². The van der Waals surface area contributed by atoms with Gasteiger partial charge in [0, 0.05) is 12.1 Å².